The van der Waals surface area contributed by atoms with Gasteiger partial charge in [0.05, 0.1) is 0 Å². The number of unbranched alkanes of at least 4 members (excludes halogenated alkanes) is 2. The molecule has 2 atom stereocenters. The van der Waals surface area contributed by atoms with E-state index in [-0.39, 0.29) is 36.9 Å². The van der Waals surface area contributed by atoms with Crippen molar-refractivity contribution in [2.75, 3.05) is 13.2 Å². The largest absolute Gasteiger partial charge is 0.444 e. The highest BCUT2D eigenvalue weighted by Crippen LogP contribution is 2.38. The van der Waals surface area contributed by atoms with E-state index in [9.17, 15) is 14.4 Å². The third-order valence-electron chi connectivity index (χ3n) is 8.55. The Balaban J connectivity index is 2.49. The molecule has 0 aliphatic rings. The van der Waals surface area contributed by atoms with Crippen LogP contribution < -0.4 is 22.1 Å². The molecule has 3 amide bonds. The average molecular weight is 668 g/mol. The molecule has 0 aliphatic heterocycles. The van der Waals surface area contributed by atoms with Crippen molar-refractivity contribution in [3.05, 3.63) is 71.8 Å². The Morgan fingerprint density at radius 2 is 1.43 bits per heavy atom. The summed E-state index contributed by atoms with van der Waals surface area (Å²) in [4.78, 5) is 44.8. The molecule has 47 heavy (non-hydrogen) atoms. The Labute approximate surface area is 282 Å². The Hall–Kier alpha value is -3.70. The Morgan fingerprint density at radius 1 is 0.851 bits per heavy atom. The minimum absolute atomic E-state index is 0.0422. The second kappa shape index (κ2) is 17.4. The third kappa shape index (κ3) is 13.5. The molecule has 2 rings (SSSR count). The molecule has 0 aromatic heterocycles. The van der Waals surface area contributed by atoms with Gasteiger partial charge in [-0.15, -0.1) is 0 Å². The van der Waals surface area contributed by atoms with Crippen molar-refractivity contribution in [3.8, 4) is 0 Å². The monoisotopic (exact) mass is 667 g/mol. The predicted molar refractivity (Wildman–Crippen MR) is 191 cm³/mol. The molecule has 0 heterocycles. The van der Waals surface area contributed by atoms with Crippen LogP contribution in [-0.2, 0) is 31.6 Å². The van der Waals surface area contributed by atoms with Crippen LogP contribution >= 0.6 is 0 Å². The van der Waals surface area contributed by atoms with E-state index < -0.39 is 43.3 Å². The summed E-state index contributed by atoms with van der Waals surface area (Å²) in [6, 6.07) is 19.6. The van der Waals surface area contributed by atoms with Crippen LogP contribution in [-0.4, -0.2) is 56.5 Å². The zero-order chi connectivity index (χ0) is 35.3. The zero-order valence-electron chi connectivity index (χ0n) is 29.7. The summed E-state index contributed by atoms with van der Waals surface area (Å²) in [7, 11) is -2.35. The molecule has 0 fully saturated rings. The maximum absolute atomic E-state index is 14.2. The van der Waals surface area contributed by atoms with E-state index in [2.05, 4.69) is 61.6 Å². The van der Waals surface area contributed by atoms with Crippen LogP contribution in [0.15, 0.2) is 65.7 Å². The van der Waals surface area contributed by atoms with Crippen LogP contribution in [0.5, 0.6) is 0 Å². The van der Waals surface area contributed by atoms with Crippen LogP contribution in [0, 0.1) is 5.92 Å². The first kappa shape index (κ1) is 39.5. The number of hydrogen-bond donors (Lipinski definition) is 4. The molecule has 2 aromatic carbocycles. The highest BCUT2D eigenvalue weighted by atomic mass is 28.4. The highest BCUT2D eigenvalue weighted by molar-refractivity contribution is 6.74. The summed E-state index contributed by atoms with van der Waals surface area (Å²) in [5.74, 6) is -2.21. The van der Waals surface area contributed by atoms with E-state index in [1.807, 2.05) is 48.5 Å². The molecule has 260 valence electrons. The van der Waals surface area contributed by atoms with Gasteiger partial charge in [-0.1, -0.05) is 87.9 Å². The first-order chi connectivity index (χ1) is 21.8. The molecule has 0 spiro atoms. The minimum atomic E-state index is -2.35. The smallest absolute Gasteiger partial charge is 0.407 e. The van der Waals surface area contributed by atoms with E-state index in [4.69, 9.17) is 20.6 Å². The van der Waals surface area contributed by atoms with Crippen molar-refractivity contribution in [1.82, 2.24) is 10.6 Å². The molecule has 11 heteroatoms. The number of guanidine groups is 1. The van der Waals surface area contributed by atoms with E-state index in [1.165, 1.54) is 5.56 Å². The molecular weight excluding hydrogens is 611 g/mol. The average Bonchev–Trinajstić information content (AvgIpc) is 2.96. The summed E-state index contributed by atoms with van der Waals surface area (Å²) >= 11 is 0. The fourth-order valence-electron chi connectivity index (χ4n) is 4.90. The first-order valence-corrected chi connectivity index (χ1v) is 19.4. The number of hydrogen-bond acceptors (Lipinski definition) is 5. The van der Waals surface area contributed by atoms with Gasteiger partial charge in [0, 0.05) is 31.9 Å². The lowest BCUT2D eigenvalue weighted by atomic mass is 9.77. The number of carbonyl (C=O) groups is 3. The predicted octanol–water partition coefficient (Wildman–Crippen LogP) is 5.85. The van der Waals surface area contributed by atoms with Crippen LogP contribution in [0.25, 0.3) is 0 Å². The lowest BCUT2D eigenvalue weighted by Crippen LogP contribution is -2.64. The van der Waals surface area contributed by atoms with Crippen molar-refractivity contribution in [2.24, 2.45) is 22.4 Å². The molecule has 2 aromatic rings. The van der Waals surface area contributed by atoms with Gasteiger partial charge in [0.15, 0.2) is 14.3 Å². The number of rotatable bonds is 16. The number of ether oxygens (including phenoxy) is 1. The van der Waals surface area contributed by atoms with E-state index >= 15 is 0 Å². The summed E-state index contributed by atoms with van der Waals surface area (Å²) in [6.07, 6.45) is 2.96. The van der Waals surface area contributed by atoms with Crippen molar-refractivity contribution >= 4 is 32.2 Å². The van der Waals surface area contributed by atoms with Gasteiger partial charge in [-0.25, -0.2) is 4.79 Å². The number of carbonyl (C=O) groups excluding carboxylic acids is 3. The molecule has 0 aliphatic carbocycles. The van der Waals surface area contributed by atoms with Gasteiger partial charge in [0.1, 0.15) is 11.1 Å². The van der Waals surface area contributed by atoms with Crippen molar-refractivity contribution < 1.29 is 23.5 Å². The van der Waals surface area contributed by atoms with Gasteiger partial charge in [0.2, 0.25) is 5.91 Å². The quantitative estimate of drug-likeness (QED) is 0.0757. The lowest BCUT2D eigenvalue weighted by molar-refractivity contribution is -0.134. The van der Waals surface area contributed by atoms with E-state index in [0.717, 1.165) is 24.8 Å². The topological polar surface area (TPSA) is 158 Å². The van der Waals surface area contributed by atoms with Crippen molar-refractivity contribution in [2.45, 2.75) is 109 Å². The maximum atomic E-state index is 14.2. The van der Waals surface area contributed by atoms with Gasteiger partial charge in [-0.2, -0.15) is 4.99 Å². The number of nitrogens with two attached hydrogens (primary N) is 2. The molecule has 10 nitrogen and oxygen atoms in total. The molecular formula is C36H57N5O5Si. The zero-order valence-corrected chi connectivity index (χ0v) is 30.7. The van der Waals surface area contributed by atoms with Crippen molar-refractivity contribution in [3.63, 3.8) is 0 Å². The SMILES string of the molecule is CC(C)(C)OC(=O)NCC(CO[Si](C)(C)C(C)(C)C)[C@@](Cc1ccccc1)(NC(=O)CCCCCc1ccccc1)C(=O)N=C(N)N. The second-order valence-electron chi connectivity index (χ2n) is 14.7. The Bertz CT molecular complexity index is 1320. The maximum Gasteiger partial charge on any atom is 0.407 e. The molecule has 0 radical (unpaired) electrons. The van der Waals surface area contributed by atoms with Gasteiger partial charge in [-0.3, -0.25) is 9.59 Å². The summed E-state index contributed by atoms with van der Waals surface area (Å²) in [6.45, 7) is 15.9. The first-order valence-electron chi connectivity index (χ1n) is 16.5. The fourth-order valence-corrected chi connectivity index (χ4v) is 5.95. The Morgan fingerprint density at radius 3 is 1.96 bits per heavy atom. The number of benzene rings is 2. The Kier molecular flexibility index (Phi) is 14.7. The lowest BCUT2D eigenvalue weighted by Gasteiger charge is -2.42. The van der Waals surface area contributed by atoms with E-state index in [1.54, 1.807) is 20.8 Å². The standard InChI is InChI=1S/C36H57N5O5Si/c1-34(2,3)46-33(44)39-25-29(26-45-47(7,8)35(4,5)6)36(31(43)40-32(37)38,24-28-21-15-10-16-22-28)41-30(42)23-17-11-14-20-27-18-12-9-13-19-27/h9-10,12-13,15-16,18-19,21-22,29H,11,14,17,20,23-26H2,1-8H3,(H,39,44)(H,41,42)(H4,37,38,40,43)/t29?,36-/m1/s1. The molecule has 0 bridgehead atoms. The van der Waals surface area contributed by atoms with Crippen LogP contribution in [0.3, 0.4) is 0 Å². The molecule has 0 saturated heterocycles. The number of aliphatic imine (C=N–C) groups is 1. The van der Waals surface area contributed by atoms with Crippen LogP contribution in [0.1, 0.15) is 78.4 Å². The van der Waals surface area contributed by atoms with Crippen LogP contribution in [0.2, 0.25) is 18.1 Å². The normalized spacial score (nSPS) is 14.0. The second-order valence-corrected chi connectivity index (χ2v) is 19.5. The molecule has 6 N–H and O–H groups in total. The third-order valence-corrected chi connectivity index (χ3v) is 13.1. The van der Waals surface area contributed by atoms with Gasteiger partial charge >= 0.3 is 6.09 Å². The minimum Gasteiger partial charge on any atom is -0.444 e. The number of aryl methyl sites for hydroxylation is 1. The number of nitrogens with zero attached hydrogens (tertiary/aromatic N) is 1. The molecule has 1 unspecified atom stereocenters. The van der Waals surface area contributed by atoms with Crippen molar-refractivity contribution in [1.29, 1.82) is 0 Å². The number of alkyl carbamates (subject to hydrolysis) is 1. The highest BCUT2D eigenvalue weighted by Gasteiger charge is 2.49. The van der Waals surface area contributed by atoms with Gasteiger partial charge in [0.25, 0.3) is 5.91 Å². The molecule has 0 saturated carbocycles. The number of amides is 3. The van der Waals surface area contributed by atoms with Gasteiger partial charge in [-0.05, 0) is 69.3 Å². The summed E-state index contributed by atoms with van der Waals surface area (Å²) in [5.41, 5.74) is 11.1. The summed E-state index contributed by atoms with van der Waals surface area (Å²) in [5, 5.41) is 5.76. The van der Waals surface area contributed by atoms with Crippen LogP contribution in [0.4, 0.5) is 4.79 Å². The van der Waals surface area contributed by atoms with E-state index in [0.29, 0.717) is 6.42 Å². The fraction of sp³-hybridized carbons (Fsp3) is 0.556. The van der Waals surface area contributed by atoms with Gasteiger partial charge < -0.3 is 31.3 Å². The summed E-state index contributed by atoms with van der Waals surface area (Å²) < 4.78 is 12.2. The number of nitrogens with one attached hydrogen (secondary N) is 2.